The van der Waals surface area contributed by atoms with Crippen molar-refractivity contribution in [2.75, 3.05) is 19.6 Å². The van der Waals surface area contributed by atoms with E-state index in [0.29, 0.717) is 0 Å². The Kier molecular flexibility index (Phi) is 12.2. The SMILES string of the molecule is CCCCC(CC(N)=O)C(=O)N1CCCC1.O=CNCCC1=CCCCC1. The van der Waals surface area contributed by atoms with Crippen molar-refractivity contribution in [3.63, 3.8) is 0 Å². The number of unbranched alkanes of at least 4 members (excludes halogenated alkanes) is 1. The summed E-state index contributed by atoms with van der Waals surface area (Å²) < 4.78 is 0. The zero-order chi connectivity index (χ0) is 19.9. The highest BCUT2D eigenvalue weighted by atomic mass is 16.2. The third-order valence-electron chi connectivity index (χ3n) is 5.18. The second-order valence-electron chi connectivity index (χ2n) is 7.47. The lowest BCUT2D eigenvalue weighted by atomic mass is 9.96. The van der Waals surface area contributed by atoms with E-state index in [2.05, 4.69) is 18.3 Å². The molecule has 0 bridgehead atoms. The van der Waals surface area contributed by atoms with Crippen LogP contribution in [0.25, 0.3) is 0 Å². The van der Waals surface area contributed by atoms with E-state index in [9.17, 15) is 14.4 Å². The molecule has 1 unspecified atom stereocenters. The Balaban J connectivity index is 0.000000289. The van der Waals surface area contributed by atoms with E-state index in [1.54, 1.807) is 0 Å². The largest absolute Gasteiger partial charge is 0.370 e. The molecule has 3 N–H and O–H groups in total. The van der Waals surface area contributed by atoms with Crippen molar-refractivity contribution in [3.8, 4) is 0 Å². The summed E-state index contributed by atoms with van der Waals surface area (Å²) in [6.45, 7) is 4.58. The number of likely N-dealkylation sites (tertiary alicyclic amines) is 1. The van der Waals surface area contributed by atoms with Crippen molar-refractivity contribution in [1.29, 1.82) is 0 Å². The maximum absolute atomic E-state index is 12.1. The molecule has 3 amide bonds. The van der Waals surface area contributed by atoms with Crippen molar-refractivity contribution in [3.05, 3.63) is 11.6 Å². The lowest BCUT2D eigenvalue weighted by molar-refractivity contribution is -0.137. The van der Waals surface area contributed by atoms with Gasteiger partial charge in [0, 0.05) is 32.0 Å². The molecule has 154 valence electrons. The summed E-state index contributed by atoms with van der Waals surface area (Å²) in [4.78, 5) is 34.8. The zero-order valence-electron chi connectivity index (χ0n) is 16.9. The van der Waals surface area contributed by atoms with Gasteiger partial charge in [-0.3, -0.25) is 14.4 Å². The van der Waals surface area contributed by atoms with E-state index >= 15 is 0 Å². The molecule has 0 aromatic rings. The fraction of sp³-hybridized carbons (Fsp3) is 0.762. The van der Waals surface area contributed by atoms with E-state index in [4.69, 9.17) is 5.73 Å². The van der Waals surface area contributed by atoms with Gasteiger partial charge in [0.15, 0.2) is 0 Å². The second kappa shape index (κ2) is 14.2. The second-order valence-corrected chi connectivity index (χ2v) is 7.47. The van der Waals surface area contributed by atoms with E-state index in [1.807, 2.05) is 4.90 Å². The quantitative estimate of drug-likeness (QED) is 0.347. The van der Waals surface area contributed by atoms with Gasteiger partial charge in [0.05, 0.1) is 0 Å². The molecule has 1 atom stereocenters. The summed E-state index contributed by atoms with van der Waals surface area (Å²) in [7, 11) is 0. The van der Waals surface area contributed by atoms with Gasteiger partial charge in [0.2, 0.25) is 18.2 Å². The van der Waals surface area contributed by atoms with Gasteiger partial charge in [-0.05, 0) is 51.4 Å². The Morgan fingerprint density at radius 1 is 1.26 bits per heavy atom. The van der Waals surface area contributed by atoms with E-state index in [1.165, 1.54) is 31.3 Å². The highest BCUT2D eigenvalue weighted by Crippen LogP contribution is 2.20. The third kappa shape index (κ3) is 10.2. The monoisotopic (exact) mass is 379 g/mol. The van der Waals surface area contributed by atoms with Crippen LogP contribution in [-0.4, -0.2) is 42.8 Å². The van der Waals surface area contributed by atoms with Crippen LogP contribution in [0.1, 0.15) is 77.6 Å². The minimum absolute atomic E-state index is 0.129. The van der Waals surface area contributed by atoms with Crippen molar-refractivity contribution < 1.29 is 14.4 Å². The molecule has 27 heavy (non-hydrogen) atoms. The van der Waals surface area contributed by atoms with Crippen LogP contribution >= 0.6 is 0 Å². The van der Waals surface area contributed by atoms with E-state index < -0.39 is 0 Å². The minimum atomic E-state index is -0.367. The van der Waals surface area contributed by atoms with Gasteiger partial charge >= 0.3 is 0 Å². The standard InChI is InChI=1S/C12H22N2O2.C9H15NO/c1-2-3-6-10(9-11(13)15)12(16)14-7-4-5-8-14;11-8-10-7-6-9-4-2-1-3-5-9/h10H,2-9H2,1H3,(H2,13,15);4,8H,1-3,5-7H2,(H,10,11). The fourth-order valence-corrected chi connectivity index (χ4v) is 3.63. The number of nitrogens with one attached hydrogen (secondary N) is 1. The summed E-state index contributed by atoms with van der Waals surface area (Å²) in [5, 5.41) is 2.67. The van der Waals surface area contributed by atoms with Gasteiger partial charge in [-0.2, -0.15) is 0 Å². The highest BCUT2D eigenvalue weighted by Gasteiger charge is 2.27. The number of amides is 3. The number of hydrogen-bond donors (Lipinski definition) is 2. The normalized spacial score (nSPS) is 17.4. The van der Waals surface area contributed by atoms with Crippen molar-refractivity contribution in [1.82, 2.24) is 10.2 Å². The Labute approximate surface area is 163 Å². The Bertz CT molecular complexity index is 485. The highest BCUT2D eigenvalue weighted by molar-refractivity contribution is 5.85. The van der Waals surface area contributed by atoms with Gasteiger partial charge in [0.25, 0.3) is 0 Å². The Morgan fingerprint density at radius 2 is 2.00 bits per heavy atom. The molecule has 0 saturated carbocycles. The lowest BCUT2D eigenvalue weighted by Gasteiger charge is -2.22. The number of carbonyl (C=O) groups is 3. The minimum Gasteiger partial charge on any atom is -0.370 e. The van der Waals surface area contributed by atoms with Crippen LogP contribution in [0.3, 0.4) is 0 Å². The molecule has 2 aliphatic rings. The Hall–Kier alpha value is -1.85. The first-order valence-corrected chi connectivity index (χ1v) is 10.5. The first kappa shape index (κ1) is 23.2. The van der Waals surface area contributed by atoms with Gasteiger partial charge in [-0.1, -0.05) is 31.4 Å². The van der Waals surface area contributed by atoms with Gasteiger partial charge in [-0.25, -0.2) is 0 Å². The molecule has 2 rings (SSSR count). The summed E-state index contributed by atoms with van der Waals surface area (Å²) in [5.41, 5.74) is 6.71. The van der Waals surface area contributed by atoms with Crippen molar-refractivity contribution >= 4 is 18.2 Å². The summed E-state index contributed by atoms with van der Waals surface area (Å²) in [6, 6.07) is 0. The molecule has 1 heterocycles. The first-order chi connectivity index (χ1) is 13.1. The van der Waals surface area contributed by atoms with Gasteiger partial charge in [0.1, 0.15) is 0 Å². The number of rotatable bonds is 10. The number of nitrogens with two attached hydrogens (primary N) is 1. The lowest BCUT2D eigenvalue weighted by Crippen LogP contribution is -2.35. The predicted molar refractivity (Wildman–Crippen MR) is 108 cm³/mol. The molecule has 1 aliphatic carbocycles. The van der Waals surface area contributed by atoms with Gasteiger partial charge in [-0.15, -0.1) is 0 Å². The summed E-state index contributed by atoms with van der Waals surface area (Å²) >= 11 is 0. The van der Waals surface area contributed by atoms with Gasteiger partial charge < -0.3 is 16.0 Å². The maximum Gasteiger partial charge on any atom is 0.226 e. The van der Waals surface area contributed by atoms with Crippen LogP contribution in [0.15, 0.2) is 11.6 Å². The van der Waals surface area contributed by atoms with E-state index in [0.717, 1.165) is 64.6 Å². The third-order valence-corrected chi connectivity index (χ3v) is 5.18. The molecular weight excluding hydrogens is 342 g/mol. The molecule has 6 nitrogen and oxygen atoms in total. The van der Waals surface area contributed by atoms with Crippen LogP contribution in [-0.2, 0) is 14.4 Å². The van der Waals surface area contributed by atoms with E-state index in [-0.39, 0.29) is 24.2 Å². The number of primary amides is 1. The zero-order valence-corrected chi connectivity index (χ0v) is 16.9. The topological polar surface area (TPSA) is 92.5 Å². The van der Waals surface area contributed by atoms with Crippen LogP contribution in [0.2, 0.25) is 0 Å². The van der Waals surface area contributed by atoms with Crippen LogP contribution in [0.4, 0.5) is 0 Å². The molecule has 0 aromatic heterocycles. The molecular formula is C21H37N3O3. The number of carbonyl (C=O) groups excluding carboxylic acids is 3. The maximum atomic E-state index is 12.1. The molecule has 0 spiro atoms. The number of hydrogen-bond acceptors (Lipinski definition) is 3. The predicted octanol–water partition coefficient (Wildman–Crippen LogP) is 2.91. The number of allylic oxidation sites excluding steroid dienone is 1. The molecule has 0 radical (unpaired) electrons. The summed E-state index contributed by atoms with van der Waals surface area (Å²) in [6.07, 6.45) is 14.4. The average molecular weight is 380 g/mol. The van der Waals surface area contributed by atoms with Crippen molar-refractivity contribution in [2.24, 2.45) is 11.7 Å². The average Bonchev–Trinajstić information content (AvgIpc) is 3.21. The fourth-order valence-electron chi connectivity index (χ4n) is 3.63. The molecule has 6 heteroatoms. The number of nitrogens with zero attached hydrogens (tertiary/aromatic N) is 1. The molecule has 1 saturated heterocycles. The van der Waals surface area contributed by atoms with Crippen molar-refractivity contribution in [2.45, 2.75) is 77.6 Å². The van der Waals surface area contributed by atoms with Crippen LogP contribution in [0, 0.1) is 5.92 Å². The molecule has 1 fully saturated rings. The summed E-state index contributed by atoms with van der Waals surface area (Å²) in [5.74, 6) is -0.422. The van der Waals surface area contributed by atoms with Crippen LogP contribution in [0.5, 0.6) is 0 Å². The smallest absolute Gasteiger partial charge is 0.226 e. The molecule has 1 aliphatic heterocycles. The van der Waals surface area contributed by atoms with Crippen LogP contribution < -0.4 is 11.1 Å². The Morgan fingerprint density at radius 3 is 2.56 bits per heavy atom. The first-order valence-electron chi connectivity index (χ1n) is 10.5. The molecule has 0 aromatic carbocycles.